The first-order valence-electron chi connectivity index (χ1n) is 6.53. The van der Waals surface area contributed by atoms with Gasteiger partial charge in [-0.05, 0) is 39.3 Å². The zero-order chi connectivity index (χ0) is 12.8. The molecule has 1 unspecified atom stereocenters. The first kappa shape index (κ1) is 14.2. The van der Waals surface area contributed by atoms with Crippen LogP contribution in [0.3, 0.4) is 0 Å². The Kier molecular flexibility index (Phi) is 5.66. The van der Waals surface area contributed by atoms with Crippen LogP contribution in [0.15, 0.2) is 24.3 Å². The molecule has 0 aliphatic heterocycles. The van der Waals surface area contributed by atoms with Gasteiger partial charge in [-0.3, -0.25) is 0 Å². The van der Waals surface area contributed by atoms with Gasteiger partial charge in [-0.25, -0.2) is 0 Å². The molecule has 0 saturated carbocycles. The van der Waals surface area contributed by atoms with Crippen molar-refractivity contribution in [3.05, 3.63) is 35.4 Å². The summed E-state index contributed by atoms with van der Waals surface area (Å²) in [6, 6.07) is 8.69. The molecule has 1 aromatic carbocycles. The van der Waals surface area contributed by atoms with Crippen molar-refractivity contribution in [2.45, 2.75) is 46.3 Å². The molecular formula is C15H25NO. The van der Waals surface area contributed by atoms with Crippen molar-refractivity contribution in [2.75, 3.05) is 13.1 Å². The lowest BCUT2D eigenvalue weighted by molar-refractivity contribution is 0.133. The molecule has 1 atom stereocenters. The van der Waals surface area contributed by atoms with Crippen LogP contribution in [0.5, 0.6) is 0 Å². The monoisotopic (exact) mass is 235 g/mol. The van der Waals surface area contributed by atoms with Crippen LogP contribution in [0, 0.1) is 6.92 Å². The van der Waals surface area contributed by atoms with Crippen LogP contribution in [0.4, 0.5) is 0 Å². The van der Waals surface area contributed by atoms with E-state index in [1.54, 1.807) is 0 Å². The Bertz CT molecular complexity index is 318. The van der Waals surface area contributed by atoms with E-state index in [4.69, 9.17) is 0 Å². The van der Waals surface area contributed by atoms with E-state index in [2.05, 4.69) is 44.7 Å². The minimum absolute atomic E-state index is 0.344. The molecule has 0 bridgehead atoms. The van der Waals surface area contributed by atoms with Crippen molar-refractivity contribution in [3.63, 3.8) is 0 Å². The lowest BCUT2D eigenvalue weighted by Crippen LogP contribution is -2.32. The summed E-state index contributed by atoms with van der Waals surface area (Å²) in [4.78, 5) is 2.37. The van der Waals surface area contributed by atoms with E-state index in [1.807, 2.05) is 12.1 Å². The van der Waals surface area contributed by atoms with Crippen LogP contribution in [0.25, 0.3) is 0 Å². The molecule has 1 aromatic rings. The lowest BCUT2D eigenvalue weighted by atomic mass is 10.0. The van der Waals surface area contributed by atoms with E-state index < -0.39 is 0 Å². The van der Waals surface area contributed by atoms with Crippen LogP contribution in [0.1, 0.15) is 44.4 Å². The van der Waals surface area contributed by atoms with Gasteiger partial charge in [0.05, 0.1) is 6.10 Å². The number of aliphatic hydroxyl groups excluding tert-OH is 1. The summed E-state index contributed by atoms with van der Waals surface area (Å²) < 4.78 is 0. The number of aliphatic hydroxyl groups is 1. The van der Waals surface area contributed by atoms with E-state index in [9.17, 15) is 5.11 Å². The van der Waals surface area contributed by atoms with E-state index in [-0.39, 0.29) is 6.10 Å². The number of nitrogens with zero attached hydrogens (tertiary/aromatic N) is 1. The molecule has 0 radical (unpaired) electrons. The molecule has 1 N–H and O–H groups in total. The molecule has 2 heteroatoms. The summed E-state index contributed by atoms with van der Waals surface area (Å²) >= 11 is 0. The van der Waals surface area contributed by atoms with Gasteiger partial charge in [-0.1, -0.05) is 36.8 Å². The highest BCUT2D eigenvalue weighted by Gasteiger charge is 2.11. The summed E-state index contributed by atoms with van der Waals surface area (Å²) in [5, 5.41) is 10.1. The first-order valence-corrected chi connectivity index (χ1v) is 6.53. The third-order valence-corrected chi connectivity index (χ3v) is 3.29. The minimum Gasteiger partial charge on any atom is -0.388 e. The summed E-state index contributed by atoms with van der Waals surface area (Å²) in [5.41, 5.74) is 2.26. The van der Waals surface area contributed by atoms with Gasteiger partial charge >= 0.3 is 0 Å². The summed E-state index contributed by atoms with van der Waals surface area (Å²) in [7, 11) is 0. The van der Waals surface area contributed by atoms with Crippen LogP contribution in [0.2, 0.25) is 0 Å². The predicted molar refractivity (Wildman–Crippen MR) is 73.1 cm³/mol. The van der Waals surface area contributed by atoms with Crippen LogP contribution in [-0.4, -0.2) is 29.1 Å². The van der Waals surface area contributed by atoms with E-state index in [1.165, 1.54) is 5.56 Å². The van der Waals surface area contributed by atoms with E-state index in [0.29, 0.717) is 6.04 Å². The number of rotatable bonds is 6. The summed E-state index contributed by atoms with van der Waals surface area (Å²) in [5.74, 6) is 0. The maximum absolute atomic E-state index is 10.1. The van der Waals surface area contributed by atoms with Crippen LogP contribution in [-0.2, 0) is 0 Å². The van der Waals surface area contributed by atoms with Crippen molar-refractivity contribution in [2.24, 2.45) is 0 Å². The first-order chi connectivity index (χ1) is 8.04. The molecule has 1 rings (SSSR count). The zero-order valence-electron chi connectivity index (χ0n) is 11.5. The second-order valence-electron chi connectivity index (χ2n) is 4.94. The Morgan fingerprint density at radius 3 is 2.24 bits per heavy atom. The molecule has 0 aliphatic carbocycles. The molecule has 0 aliphatic rings. The third kappa shape index (κ3) is 4.49. The number of hydrogen-bond donors (Lipinski definition) is 1. The fourth-order valence-electron chi connectivity index (χ4n) is 2.02. The molecular weight excluding hydrogens is 210 g/mol. The maximum atomic E-state index is 10.1. The zero-order valence-corrected chi connectivity index (χ0v) is 11.5. The van der Waals surface area contributed by atoms with Gasteiger partial charge < -0.3 is 10.0 Å². The van der Waals surface area contributed by atoms with Gasteiger partial charge in [0.25, 0.3) is 0 Å². The Balaban J connectivity index is 2.49. The second kappa shape index (κ2) is 6.77. The molecule has 0 amide bonds. The highest BCUT2D eigenvalue weighted by Crippen LogP contribution is 2.17. The highest BCUT2D eigenvalue weighted by atomic mass is 16.3. The average Bonchev–Trinajstić information content (AvgIpc) is 2.30. The fraction of sp³-hybridized carbons (Fsp3) is 0.600. The van der Waals surface area contributed by atoms with Crippen molar-refractivity contribution in [1.29, 1.82) is 0 Å². The third-order valence-electron chi connectivity index (χ3n) is 3.29. The van der Waals surface area contributed by atoms with Gasteiger partial charge in [0.1, 0.15) is 0 Å². The van der Waals surface area contributed by atoms with Gasteiger partial charge in [0, 0.05) is 12.6 Å². The van der Waals surface area contributed by atoms with Gasteiger partial charge in [0.15, 0.2) is 0 Å². The Morgan fingerprint density at radius 2 is 1.76 bits per heavy atom. The fourth-order valence-corrected chi connectivity index (χ4v) is 2.02. The molecule has 96 valence electrons. The van der Waals surface area contributed by atoms with Crippen molar-refractivity contribution in [1.82, 2.24) is 4.90 Å². The van der Waals surface area contributed by atoms with Crippen LogP contribution < -0.4 is 0 Å². The van der Waals surface area contributed by atoms with Gasteiger partial charge in [-0.15, -0.1) is 0 Å². The number of hydrogen-bond acceptors (Lipinski definition) is 2. The average molecular weight is 235 g/mol. The normalized spacial score (nSPS) is 13.4. The second-order valence-corrected chi connectivity index (χ2v) is 4.94. The minimum atomic E-state index is -0.344. The van der Waals surface area contributed by atoms with Gasteiger partial charge in [-0.2, -0.15) is 0 Å². The topological polar surface area (TPSA) is 23.5 Å². The Morgan fingerprint density at radius 1 is 1.18 bits per heavy atom. The van der Waals surface area contributed by atoms with E-state index >= 15 is 0 Å². The standard InChI is InChI=1S/C15H25NO/c1-5-16(12(2)3)11-10-15(17)14-8-6-13(4)7-9-14/h6-9,12,15,17H,5,10-11H2,1-4H3. The molecule has 0 spiro atoms. The van der Waals surface area contributed by atoms with Gasteiger partial charge in [0.2, 0.25) is 0 Å². The smallest absolute Gasteiger partial charge is 0.0802 e. The molecule has 0 saturated heterocycles. The highest BCUT2D eigenvalue weighted by molar-refractivity contribution is 5.22. The summed E-state index contributed by atoms with van der Waals surface area (Å²) in [6.45, 7) is 10.6. The van der Waals surface area contributed by atoms with Crippen LogP contribution >= 0.6 is 0 Å². The largest absolute Gasteiger partial charge is 0.388 e. The SMILES string of the molecule is CCN(CCC(O)c1ccc(C)cc1)C(C)C. The maximum Gasteiger partial charge on any atom is 0.0802 e. The molecule has 0 heterocycles. The number of benzene rings is 1. The molecule has 0 aromatic heterocycles. The molecule has 2 nitrogen and oxygen atoms in total. The molecule has 17 heavy (non-hydrogen) atoms. The van der Waals surface area contributed by atoms with Crippen molar-refractivity contribution < 1.29 is 5.11 Å². The lowest BCUT2D eigenvalue weighted by Gasteiger charge is -2.25. The van der Waals surface area contributed by atoms with Crippen molar-refractivity contribution in [3.8, 4) is 0 Å². The Hall–Kier alpha value is -0.860. The quantitative estimate of drug-likeness (QED) is 0.818. The predicted octanol–water partition coefficient (Wildman–Crippen LogP) is 3.15. The van der Waals surface area contributed by atoms with E-state index in [0.717, 1.165) is 25.1 Å². The Labute approximate surface area is 105 Å². The summed E-state index contributed by atoms with van der Waals surface area (Å²) in [6.07, 6.45) is 0.457. The van der Waals surface area contributed by atoms with Crippen molar-refractivity contribution >= 4 is 0 Å². The molecule has 0 fully saturated rings. The number of aryl methyl sites for hydroxylation is 1.